The molecule has 0 unspecified atom stereocenters. The van der Waals surface area contributed by atoms with Crippen LogP contribution in [0, 0.1) is 0 Å². The van der Waals surface area contributed by atoms with Crippen LogP contribution >= 0.6 is 0 Å². The van der Waals surface area contributed by atoms with E-state index in [4.69, 9.17) is 4.74 Å². The molecule has 2 heterocycles. The highest BCUT2D eigenvalue weighted by atomic mass is 16.5. The summed E-state index contributed by atoms with van der Waals surface area (Å²) < 4.78 is 5.99. The number of aromatic nitrogens is 1. The van der Waals surface area contributed by atoms with Crippen molar-refractivity contribution in [3.8, 4) is 5.75 Å². The number of hydrogen-bond acceptors (Lipinski definition) is 2. The Labute approximate surface area is 136 Å². The summed E-state index contributed by atoms with van der Waals surface area (Å²) >= 11 is 0. The van der Waals surface area contributed by atoms with Crippen molar-refractivity contribution in [3.05, 3.63) is 65.4 Å². The lowest BCUT2D eigenvalue weighted by atomic mass is 10.00. The number of para-hydroxylation sites is 1. The van der Waals surface area contributed by atoms with Crippen molar-refractivity contribution in [1.82, 2.24) is 9.88 Å². The number of likely N-dealkylation sites (N-methyl/N-ethyl adjacent to an activating group) is 1. The highest BCUT2D eigenvalue weighted by molar-refractivity contribution is 5.83. The largest absolute Gasteiger partial charge is 0.493 e. The predicted molar refractivity (Wildman–Crippen MR) is 94.0 cm³/mol. The van der Waals surface area contributed by atoms with E-state index in [2.05, 4.69) is 65.6 Å². The topological polar surface area (TPSA) is 28.3 Å². The average molecular weight is 306 g/mol. The minimum absolute atomic E-state index is 0.709. The Morgan fingerprint density at radius 2 is 2.04 bits per heavy atom. The summed E-state index contributed by atoms with van der Waals surface area (Å²) in [5, 5.41) is 1.30. The van der Waals surface area contributed by atoms with Crippen LogP contribution in [0.3, 0.4) is 0 Å². The van der Waals surface area contributed by atoms with E-state index >= 15 is 0 Å². The van der Waals surface area contributed by atoms with Gasteiger partial charge in [-0.05, 0) is 48.4 Å². The van der Waals surface area contributed by atoms with Gasteiger partial charge in [0, 0.05) is 36.6 Å². The fourth-order valence-electron chi connectivity index (χ4n) is 3.38. The molecule has 23 heavy (non-hydrogen) atoms. The molecule has 1 N–H and O–H groups in total. The maximum atomic E-state index is 5.99. The molecule has 0 bridgehead atoms. The summed E-state index contributed by atoms with van der Waals surface area (Å²) in [5.41, 5.74) is 5.39. The molecular weight excluding hydrogens is 284 g/mol. The lowest BCUT2D eigenvalue weighted by molar-refractivity contribution is 0.306. The summed E-state index contributed by atoms with van der Waals surface area (Å²) in [6, 6.07) is 15.0. The van der Waals surface area contributed by atoms with Gasteiger partial charge in [-0.15, -0.1) is 0 Å². The molecule has 0 fully saturated rings. The van der Waals surface area contributed by atoms with Crippen LogP contribution in [0.15, 0.2) is 48.7 Å². The van der Waals surface area contributed by atoms with Crippen LogP contribution in [-0.2, 0) is 19.4 Å². The van der Waals surface area contributed by atoms with Gasteiger partial charge >= 0.3 is 0 Å². The third-order valence-electron chi connectivity index (χ3n) is 4.70. The van der Waals surface area contributed by atoms with E-state index in [1.165, 1.54) is 27.6 Å². The zero-order valence-corrected chi connectivity index (χ0v) is 13.5. The van der Waals surface area contributed by atoms with E-state index in [0.29, 0.717) is 6.61 Å². The fraction of sp³-hybridized carbons (Fsp3) is 0.300. The van der Waals surface area contributed by atoms with E-state index in [0.717, 1.165) is 31.7 Å². The van der Waals surface area contributed by atoms with E-state index in [9.17, 15) is 0 Å². The van der Waals surface area contributed by atoms with Gasteiger partial charge in [-0.3, -0.25) is 0 Å². The number of ether oxygens (including phenoxy) is 1. The second-order valence-corrected chi connectivity index (χ2v) is 6.38. The maximum Gasteiger partial charge on any atom is 0.119 e. The Morgan fingerprint density at radius 3 is 3.00 bits per heavy atom. The monoisotopic (exact) mass is 306 g/mol. The Kier molecular flexibility index (Phi) is 3.80. The summed E-state index contributed by atoms with van der Waals surface area (Å²) in [5.74, 6) is 0.994. The first kappa shape index (κ1) is 14.3. The van der Waals surface area contributed by atoms with Gasteiger partial charge in [-0.25, -0.2) is 0 Å². The SMILES string of the molecule is CN1CCc2cc(OCCc3c[nH]c4ccccc34)ccc2C1. The Morgan fingerprint density at radius 1 is 1.13 bits per heavy atom. The van der Waals surface area contributed by atoms with Crippen molar-refractivity contribution >= 4 is 10.9 Å². The Hall–Kier alpha value is -2.26. The minimum Gasteiger partial charge on any atom is -0.493 e. The predicted octanol–water partition coefficient (Wildman–Crippen LogP) is 3.78. The van der Waals surface area contributed by atoms with Crippen LogP contribution in [-0.4, -0.2) is 30.1 Å². The number of nitrogens with one attached hydrogen (secondary N) is 1. The molecule has 0 saturated heterocycles. The van der Waals surface area contributed by atoms with Crippen molar-refractivity contribution < 1.29 is 4.74 Å². The number of benzene rings is 2. The second kappa shape index (κ2) is 6.09. The number of rotatable bonds is 4. The molecular formula is C20H22N2O. The van der Waals surface area contributed by atoms with Crippen molar-refractivity contribution in [2.75, 3.05) is 20.2 Å². The van der Waals surface area contributed by atoms with Gasteiger partial charge in [0.1, 0.15) is 5.75 Å². The smallest absolute Gasteiger partial charge is 0.119 e. The number of H-pyrrole nitrogens is 1. The van der Waals surface area contributed by atoms with Crippen molar-refractivity contribution in [3.63, 3.8) is 0 Å². The molecule has 1 aromatic heterocycles. The normalized spacial score (nSPS) is 14.8. The summed E-state index contributed by atoms with van der Waals surface area (Å²) in [6.45, 7) is 2.89. The number of hydrogen-bond donors (Lipinski definition) is 1. The maximum absolute atomic E-state index is 5.99. The number of aromatic amines is 1. The van der Waals surface area contributed by atoms with Crippen LogP contribution in [0.4, 0.5) is 0 Å². The first-order valence-corrected chi connectivity index (χ1v) is 8.28. The molecule has 0 aliphatic carbocycles. The number of fused-ring (bicyclic) bond motifs is 2. The van der Waals surface area contributed by atoms with Gasteiger partial charge in [0.15, 0.2) is 0 Å². The minimum atomic E-state index is 0.709. The van der Waals surface area contributed by atoms with Gasteiger partial charge in [-0.2, -0.15) is 0 Å². The van der Waals surface area contributed by atoms with Gasteiger partial charge < -0.3 is 14.6 Å². The zero-order chi connectivity index (χ0) is 15.6. The van der Waals surface area contributed by atoms with Crippen molar-refractivity contribution in [2.24, 2.45) is 0 Å². The molecule has 3 heteroatoms. The van der Waals surface area contributed by atoms with E-state index in [1.807, 2.05) is 0 Å². The lowest BCUT2D eigenvalue weighted by Gasteiger charge is -2.25. The fourth-order valence-corrected chi connectivity index (χ4v) is 3.38. The molecule has 3 aromatic rings. The molecule has 3 nitrogen and oxygen atoms in total. The zero-order valence-electron chi connectivity index (χ0n) is 13.5. The third kappa shape index (κ3) is 2.97. The van der Waals surface area contributed by atoms with Crippen molar-refractivity contribution in [1.29, 1.82) is 0 Å². The van der Waals surface area contributed by atoms with E-state index < -0.39 is 0 Å². The molecule has 4 rings (SSSR count). The molecule has 0 spiro atoms. The molecule has 0 amide bonds. The number of nitrogens with zero attached hydrogens (tertiary/aromatic N) is 1. The summed E-state index contributed by atoms with van der Waals surface area (Å²) in [4.78, 5) is 5.68. The van der Waals surface area contributed by atoms with Gasteiger partial charge in [0.25, 0.3) is 0 Å². The molecule has 0 atom stereocenters. The second-order valence-electron chi connectivity index (χ2n) is 6.38. The molecule has 1 aliphatic heterocycles. The molecule has 2 aromatic carbocycles. The first-order chi connectivity index (χ1) is 11.3. The van der Waals surface area contributed by atoms with Crippen LogP contribution in [0.1, 0.15) is 16.7 Å². The molecule has 0 radical (unpaired) electrons. The van der Waals surface area contributed by atoms with E-state index in [1.54, 1.807) is 0 Å². The van der Waals surface area contributed by atoms with Crippen LogP contribution in [0.25, 0.3) is 10.9 Å². The quantitative estimate of drug-likeness (QED) is 0.794. The summed E-state index contributed by atoms with van der Waals surface area (Å²) in [7, 11) is 2.18. The standard InChI is InChI=1S/C20H22N2O/c1-22-10-8-15-12-18(7-6-17(15)14-22)23-11-9-16-13-21-20-5-3-2-4-19(16)20/h2-7,12-13,21H,8-11,14H2,1H3. The van der Waals surface area contributed by atoms with Crippen molar-refractivity contribution in [2.45, 2.75) is 19.4 Å². The molecule has 118 valence electrons. The highest BCUT2D eigenvalue weighted by Gasteiger charge is 2.13. The Bertz CT molecular complexity index is 821. The lowest BCUT2D eigenvalue weighted by Crippen LogP contribution is -2.26. The average Bonchev–Trinajstić information content (AvgIpc) is 2.98. The van der Waals surface area contributed by atoms with Crippen LogP contribution < -0.4 is 4.74 Å². The molecule has 0 saturated carbocycles. The Balaban J connectivity index is 1.41. The highest BCUT2D eigenvalue weighted by Crippen LogP contribution is 2.24. The van der Waals surface area contributed by atoms with Gasteiger partial charge in [-0.1, -0.05) is 24.3 Å². The van der Waals surface area contributed by atoms with Gasteiger partial charge in [0.05, 0.1) is 6.61 Å². The first-order valence-electron chi connectivity index (χ1n) is 8.28. The summed E-state index contributed by atoms with van der Waals surface area (Å²) in [6.07, 6.45) is 4.13. The van der Waals surface area contributed by atoms with E-state index in [-0.39, 0.29) is 0 Å². The molecule has 1 aliphatic rings. The van der Waals surface area contributed by atoms with Crippen LogP contribution in [0.5, 0.6) is 5.75 Å². The third-order valence-corrected chi connectivity index (χ3v) is 4.70. The van der Waals surface area contributed by atoms with Crippen LogP contribution in [0.2, 0.25) is 0 Å². The van der Waals surface area contributed by atoms with Gasteiger partial charge in [0.2, 0.25) is 0 Å².